The van der Waals surface area contributed by atoms with Gasteiger partial charge in [0.05, 0.1) is 24.3 Å². The van der Waals surface area contributed by atoms with Crippen molar-refractivity contribution in [3.63, 3.8) is 0 Å². The number of nitrogen functional groups attached to an aromatic ring is 1. The number of benzene rings is 1. The largest absolute Gasteiger partial charge is 0.495 e. The lowest BCUT2D eigenvalue weighted by Crippen LogP contribution is -2.31. The van der Waals surface area contributed by atoms with Crippen LogP contribution >= 0.6 is 0 Å². The van der Waals surface area contributed by atoms with Crippen LogP contribution in [0.3, 0.4) is 0 Å². The summed E-state index contributed by atoms with van der Waals surface area (Å²) < 4.78 is 10.8. The molecule has 158 valence electrons. The Morgan fingerprint density at radius 2 is 1.68 bits per heavy atom. The van der Waals surface area contributed by atoms with Gasteiger partial charge < -0.3 is 15.0 Å². The van der Waals surface area contributed by atoms with Crippen molar-refractivity contribution in [2.45, 2.75) is 26.2 Å². The van der Waals surface area contributed by atoms with Gasteiger partial charge in [-0.05, 0) is 30.0 Å². The van der Waals surface area contributed by atoms with E-state index in [2.05, 4.69) is 53.0 Å². The SMILES string of the molecule is COc1cncc(-c2nc(C(C)(c3ccc(-c4cnc(N)nc4)cc3)C(C)C)no2)c1. The van der Waals surface area contributed by atoms with Gasteiger partial charge in [0.1, 0.15) is 5.75 Å². The summed E-state index contributed by atoms with van der Waals surface area (Å²) in [6, 6.07) is 10.1. The number of nitrogens with zero attached hydrogens (tertiary/aromatic N) is 5. The lowest BCUT2D eigenvalue weighted by atomic mass is 9.72. The number of pyridine rings is 1. The first-order valence-corrected chi connectivity index (χ1v) is 9.94. The van der Waals surface area contributed by atoms with Crippen molar-refractivity contribution in [3.8, 4) is 28.3 Å². The van der Waals surface area contributed by atoms with Gasteiger partial charge in [-0.1, -0.05) is 43.3 Å². The molecular formula is C23H24N6O2. The highest BCUT2D eigenvalue weighted by molar-refractivity contribution is 5.63. The normalized spacial score (nSPS) is 13.2. The molecule has 3 heterocycles. The van der Waals surface area contributed by atoms with Crippen LogP contribution in [0, 0.1) is 5.92 Å². The topological polar surface area (TPSA) is 113 Å². The van der Waals surface area contributed by atoms with E-state index in [-0.39, 0.29) is 11.9 Å². The summed E-state index contributed by atoms with van der Waals surface area (Å²) in [5, 5.41) is 4.32. The van der Waals surface area contributed by atoms with E-state index in [1.165, 1.54) is 0 Å². The predicted molar refractivity (Wildman–Crippen MR) is 117 cm³/mol. The van der Waals surface area contributed by atoms with Gasteiger partial charge in [0.25, 0.3) is 5.89 Å². The van der Waals surface area contributed by atoms with Gasteiger partial charge in [0.2, 0.25) is 5.95 Å². The van der Waals surface area contributed by atoms with Crippen LogP contribution in [-0.2, 0) is 5.41 Å². The third-order valence-electron chi connectivity index (χ3n) is 5.73. The molecule has 0 aliphatic heterocycles. The highest BCUT2D eigenvalue weighted by Gasteiger charge is 2.37. The Balaban J connectivity index is 1.69. The molecule has 2 N–H and O–H groups in total. The van der Waals surface area contributed by atoms with Crippen LogP contribution in [0.5, 0.6) is 5.75 Å². The van der Waals surface area contributed by atoms with E-state index in [1.807, 2.05) is 18.2 Å². The van der Waals surface area contributed by atoms with Gasteiger partial charge >= 0.3 is 0 Å². The zero-order valence-electron chi connectivity index (χ0n) is 17.9. The summed E-state index contributed by atoms with van der Waals surface area (Å²) in [6.45, 7) is 6.41. The van der Waals surface area contributed by atoms with Crippen LogP contribution in [0.4, 0.5) is 5.95 Å². The highest BCUT2D eigenvalue weighted by Crippen LogP contribution is 2.39. The van der Waals surface area contributed by atoms with Crippen LogP contribution < -0.4 is 10.5 Å². The second-order valence-electron chi connectivity index (χ2n) is 7.80. The standard InChI is InChI=1S/C23H24N6O2/c1-14(2)23(3,18-7-5-15(6-8-18)17-11-26-22(24)27-12-17)21-28-20(31-29-21)16-9-19(30-4)13-25-10-16/h5-14H,1-4H3,(H2,24,26,27). The molecule has 0 bridgehead atoms. The van der Waals surface area contributed by atoms with Crippen LogP contribution in [0.1, 0.15) is 32.2 Å². The Kier molecular flexibility index (Phi) is 5.37. The molecule has 0 spiro atoms. The molecule has 8 heteroatoms. The van der Waals surface area contributed by atoms with E-state index in [4.69, 9.17) is 20.0 Å². The maximum Gasteiger partial charge on any atom is 0.259 e. The number of hydrogen-bond acceptors (Lipinski definition) is 8. The number of anilines is 1. The molecule has 31 heavy (non-hydrogen) atoms. The lowest BCUT2D eigenvalue weighted by Gasteiger charge is -2.31. The number of rotatable bonds is 6. The van der Waals surface area contributed by atoms with E-state index in [1.54, 1.807) is 31.9 Å². The molecule has 0 aliphatic carbocycles. The molecule has 1 unspecified atom stereocenters. The molecular weight excluding hydrogens is 392 g/mol. The quantitative estimate of drug-likeness (QED) is 0.499. The van der Waals surface area contributed by atoms with Crippen LogP contribution in [-0.4, -0.2) is 32.2 Å². The Morgan fingerprint density at radius 3 is 2.32 bits per heavy atom. The number of ether oxygens (including phenoxy) is 1. The minimum Gasteiger partial charge on any atom is -0.495 e. The average molecular weight is 416 g/mol. The summed E-state index contributed by atoms with van der Waals surface area (Å²) in [7, 11) is 1.59. The third-order valence-corrected chi connectivity index (χ3v) is 5.73. The van der Waals surface area contributed by atoms with E-state index >= 15 is 0 Å². The molecule has 0 fully saturated rings. The first-order chi connectivity index (χ1) is 14.9. The summed E-state index contributed by atoms with van der Waals surface area (Å²) in [5.41, 5.74) is 8.83. The zero-order chi connectivity index (χ0) is 22.0. The van der Waals surface area contributed by atoms with Crippen LogP contribution in [0.25, 0.3) is 22.6 Å². The van der Waals surface area contributed by atoms with Gasteiger partial charge in [-0.2, -0.15) is 4.98 Å². The monoisotopic (exact) mass is 416 g/mol. The Labute approximate surface area is 180 Å². The summed E-state index contributed by atoms with van der Waals surface area (Å²) in [5.74, 6) is 2.12. The molecule has 0 amide bonds. The Hall–Kier alpha value is -3.81. The van der Waals surface area contributed by atoms with E-state index in [0.29, 0.717) is 23.0 Å². The molecule has 1 atom stereocenters. The Morgan fingerprint density at radius 1 is 0.968 bits per heavy atom. The molecule has 0 saturated carbocycles. The van der Waals surface area contributed by atoms with E-state index in [0.717, 1.165) is 16.7 Å². The van der Waals surface area contributed by atoms with Crippen LogP contribution in [0.2, 0.25) is 0 Å². The predicted octanol–water partition coefficient (Wildman–Crippen LogP) is 4.14. The van der Waals surface area contributed by atoms with Crippen molar-refractivity contribution in [2.24, 2.45) is 5.92 Å². The fourth-order valence-electron chi connectivity index (χ4n) is 3.42. The van der Waals surface area contributed by atoms with Crippen molar-refractivity contribution in [2.75, 3.05) is 12.8 Å². The fraction of sp³-hybridized carbons (Fsp3) is 0.261. The van der Waals surface area contributed by atoms with E-state index < -0.39 is 5.41 Å². The highest BCUT2D eigenvalue weighted by atomic mass is 16.5. The van der Waals surface area contributed by atoms with Gasteiger partial charge in [0, 0.05) is 24.2 Å². The summed E-state index contributed by atoms with van der Waals surface area (Å²) >= 11 is 0. The molecule has 0 saturated heterocycles. The van der Waals surface area contributed by atoms with Crippen LogP contribution in [0.15, 0.2) is 59.6 Å². The first kappa shape index (κ1) is 20.5. The second-order valence-corrected chi connectivity index (χ2v) is 7.80. The molecule has 1 aromatic carbocycles. The van der Waals surface area contributed by atoms with Crippen molar-refractivity contribution in [1.82, 2.24) is 25.1 Å². The Bertz CT molecular complexity index is 1170. The third kappa shape index (κ3) is 3.84. The lowest BCUT2D eigenvalue weighted by molar-refractivity contribution is 0.350. The molecule has 4 rings (SSSR count). The first-order valence-electron chi connectivity index (χ1n) is 9.94. The van der Waals surface area contributed by atoms with Crippen molar-refractivity contribution >= 4 is 5.95 Å². The van der Waals surface area contributed by atoms with Gasteiger partial charge in [-0.15, -0.1) is 0 Å². The summed E-state index contributed by atoms with van der Waals surface area (Å²) in [6.07, 6.45) is 6.74. The molecule has 3 aromatic heterocycles. The van der Waals surface area contributed by atoms with Gasteiger partial charge in [-0.25, -0.2) is 9.97 Å². The molecule has 0 aliphatic rings. The van der Waals surface area contributed by atoms with Gasteiger partial charge in [0.15, 0.2) is 5.82 Å². The smallest absolute Gasteiger partial charge is 0.259 e. The van der Waals surface area contributed by atoms with Gasteiger partial charge in [-0.3, -0.25) is 4.98 Å². The fourth-order valence-corrected chi connectivity index (χ4v) is 3.42. The number of aromatic nitrogens is 5. The van der Waals surface area contributed by atoms with Crippen molar-refractivity contribution < 1.29 is 9.26 Å². The minimum absolute atomic E-state index is 0.215. The van der Waals surface area contributed by atoms with Crippen molar-refractivity contribution in [1.29, 1.82) is 0 Å². The number of methoxy groups -OCH3 is 1. The second kappa shape index (κ2) is 8.14. The van der Waals surface area contributed by atoms with Crippen molar-refractivity contribution in [3.05, 3.63) is 66.5 Å². The molecule has 4 aromatic rings. The van der Waals surface area contributed by atoms with E-state index in [9.17, 15) is 0 Å². The summed E-state index contributed by atoms with van der Waals surface area (Å²) in [4.78, 5) is 17.0. The molecule has 8 nitrogen and oxygen atoms in total. The maximum atomic E-state index is 5.59. The maximum absolute atomic E-state index is 5.59. The number of hydrogen-bond donors (Lipinski definition) is 1. The zero-order valence-corrected chi connectivity index (χ0v) is 17.9. The average Bonchev–Trinajstić information content (AvgIpc) is 3.30. The molecule has 0 radical (unpaired) electrons. The minimum atomic E-state index is -0.454. The number of nitrogens with two attached hydrogens (primary N) is 1.